The van der Waals surface area contributed by atoms with E-state index in [9.17, 15) is 14.7 Å². The second-order valence-corrected chi connectivity index (χ2v) is 5.91. The van der Waals surface area contributed by atoms with Gasteiger partial charge in [-0.1, -0.05) is 42.5 Å². The van der Waals surface area contributed by atoms with Gasteiger partial charge in [-0.25, -0.2) is 0 Å². The molecule has 2 aromatic carbocycles. The van der Waals surface area contributed by atoms with Gasteiger partial charge in [0.1, 0.15) is 12.4 Å². The maximum atomic E-state index is 11.8. The highest BCUT2D eigenvalue weighted by Gasteiger charge is 2.30. The van der Waals surface area contributed by atoms with Crippen molar-refractivity contribution in [2.75, 3.05) is 6.54 Å². The Morgan fingerprint density at radius 1 is 1.08 bits per heavy atom. The van der Waals surface area contributed by atoms with Gasteiger partial charge < -0.3 is 19.5 Å². The Balaban J connectivity index is 1.55. The maximum absolute atomic E-state index is 11.8. The van der Waals surface area contributed by atoms with E-state index in [4.69, 9.17) is 4.74 Å². The first-order chi connectivity index (χ1) is 11.6. The monoisotopic (exact) mass is 324 g/mol. The van der Waals surface area contributed by atoms with Gasteiger partial charge in [0.25, 0.3) is 0 Å². The molecule has 24 heavy (non-hydrogen) atoms. The normalized spacial score (nSPS) is 17.1. The lowest BCUT2D eigenvalue weighted by Gasteiger charge is -2.17. The van der Waals surface area contributed by atoms with Gasteiger partial charge in [0.05, 0.1) is 0 Å². The third-order valence-electron chi connectivity index (χ3n) is 4.09. The van der Waals surface area contributed by atoms with Crippen LogP contribution in [-0.4, -0.2) is 23.3 Å². The minimum absolute atomic E-state index is 0.0284. The van der Waals surface area contributed by atoms with E-state index in [1.165, 1.54) is 0 Å². The molecule has 1 aliphatic heterocycles. The van der Waals surface area contributed by atoms with Crippen LogP contribution in [0.3, 0.4) is 0 Å². The van der Waals surface area contributed by atoms with Gasteiger partial charge >= 0.3 is 0 Å². The quantitative estimate of drug-likeness (QED) is 0.804. The van der Waals surface area contributed by atoms with E-state index in [-0.39, 0.29) is 18.9 Å². The van der Waals surface area contributed by atoms with Crippen molar-refractivity contribution in [1.82, 2.24) is 4.90 Å². The molecular formula is C19H18NO4-. The standard InChI is InChI=1S/C19H19NO4/c21-18-10-16(19(22)23)12-20(18)11-14-6-8-17(9-7-14)24-13-15-4-2-1-3-5-15/h1-9,16H,10-13H2,(H,22,23)/p-1/t16-/m0/s1. The number of amides is 1. The summed E-state index contributed by atoms with van der Waals surface area (Å²) >= 11 is 0. The lowest BCUT2D eigenvalue weighted by Crippen LogP contribution is -2.33. The summed E-state index contributed by atoms with van der Waals surface area (Å²) in [6, 6.07) is 17.4. The van der Waals surface area contributed by atoms with E-state index >= 15 is 0 Å². The number of likely N-dealkylation sites (tertiary alicyclic amines) is 1. The van der Waals surface area contributed by atoms with E-state index in [1.807, 2.05) is 54.6 Å². The fraction of sp³-hybridized carbons (Fsp3) is 0.263. The Morgan fingerprint density at radius 2 is 1.79 bits per heavy atom. The highest BCUT2D eigenvalue weighted by atomic mass is 16.5. The number of carbonyl (C=O) groups excluding carboxylic acids is 2. The molecule has 0 aliphatic carbocycles. The smallest absolute Gasteiger partial charge is 0.223 e. The molecule has 124 valence electrons. The van der Waals surface area contributed by atoms with E-state index < -0.39 is 11.9 Å². The van der Waals surface area contributed by atoms with Crippen LogP contribution >= 0.6 is 0 Å². The fourth-order valence-corrected chi connectivity index (χ4v) is 2.74. The van der Waals surface area contributed by atoms with E-state index in [0.717, 1.165) is 16.9 Å². The molecule has 0 unspecified atom stereocenters. The number of nitrogens with zero attached hydrogens (tertiary/aromatic N) is 1. The summed E-state index contributed by atoms with van der Waals surface area (Å²) in [6.45, 7) is 1.12. The summed E-state index contributed by atoms with van der Waals surface area (Å²) in [6.07, 6.45) is 0.0284. The fourth-order valence-electron chi connectivity index (χ4n) is 2.74. The molecule has 1 heterocycles. The molecule has 5 nitrogen and oxygen atoms in total. The number of aliphatic carboxylic acids is 1. The van der Waals surface area contributed by atoms with E-state index in [0.29, 0.717) is 13.2 Å². The van der Waals surface area contributed by atoms with Crippen LogP contribution in [0.4, 0.5) is 0 Å². The molecule has 0 aromatic heterocycles. The van der Waals surface area contributed by atoms with Crippen molar-refractivity contribution in [1.29, 1.82) is 0 Å². The second kappa shape index (κ2) is 7.17. The summed E-state index contributed by atoms with van der Waals surface area (Å²) in [7, 11) is 0. The average Bonchev–Trinajstić information content (AvgIpc) is 2.96. The molecule has 1 saturated heterocycles. The summed E-state index contributed by atoms with van der Waals surface area (Å²) in [5, 5.41) is 10.9. The Kier molecular flexibility index (Phi) is 4.79. The minimum Gasteiger partial charge on any atom is -0.550 e. The van der Waals surface area contributed by atoms with Gasteiger partial charge in [0.2, 0.25) is 5.91 Å². The van der Waals surface area contributed by atoms with E-state index in [1.54, 1.807) is 4.90 Å². The van der Waals surface area contributed by atoms with Gasteiger partial charge in [-0.2, -0.15) is 0 Å². The average molecular weight is 324 g/mol. The summed E-state index contributed by atoms with van der Waals surface area (Å²) in [5.41, 5.74) is 2.03. The third-order valence-corrected chi connectivity index (χ3v) is 4.09. The van der Waals surface area contributed by atoms with Crippen LogP contribution in [0.25, 0.3) is 0 Å². The molecule has 1 fully saturated rings. The van der Waals surface area contributed by atoms with Crippen LogP contribution < -0.4 is 9.84 Å². The highest BCUT2D eigenvalue weighted by Crippen LogP contribution is 2.21. The summed E-state index contributed by atoms with van der Waals surface area (Å²) in [4.78, 5) is 24.3. The van der Waals surface area contributed by atoms with Crippen LogP contribution in [-0.2, 0) is 22.7 Å². The van der Waals surface area contributed by atoms with Crippen molar-refractivity contribution in [2.24, 2.45) is 5.92 Å². The number of ether oxygens (including phenoxy) is 1. The lowest BCUT2D eigenvalue weighted by molar-refractivity contribution is -0.311. The Bertz CT molecular complexity index is 712. The van der Waals surface area contributed by atoms with Gasteiger partial charge in [-0.15, -0.1) is 0 Å². The number of hydrogen-bond acceptors (Lipinski definition) is 4. The molecule has 0 radical (unpaired) electrons. The lowest BCUT2D eigenvalue weighted by atomic mass is 10.1. The Morgan fingerprint density at radius 3 is 2.42 bits per heavy atom. The highest BCUT2D eigenvalue weighted by molar-refractivity contribution is 5.85. The largest absolute Gasteiger partial charge is 0.550 e. The van der Waals surface area contributed by atoms with Crippen molar-refractivity contribution in [3.63, 3.8) is 0 Å². The van der Waals surface area contributed by atoms with Crippen LogP contribution in [0.5, 0.6) is 5.75 Å². The zero-order valence-electron chi connectivity index (χ0n) is 13.2. The van der Waals surface area contributed by atoms with Crippen LogP contribution in [0.2, 0.25) is 0 Å². The first kappa shape index (κ1) is 16.1. The van der Waals surface area contributed by atoms with Gasteiger partial charge in [0, 0.05) is 31.4 Å². The maximum Gasteiger partial charge on any atom is 0.223 e. The molecule has 3 rings (SSSR count). The first-order valence-electron chi connectivity index (χ1n) is 7.86. The predicted octanol–water partition coefficient (Wildman–Crippen LogP) is 1.36. The number of carboxylic acid groups (broad SMARTS) is 1. The van der Waals surface area contributed by atoms with Gasteiger partial charge in [-0.3, -0.25) is 4.79 Å². The molecule has 1 amide bonds. The van der Waals surface area contributed by atoms with Crippen LogP contribution in [0.15, 0.2) is 54.6 Å². The van der Waals surface area contributed by atoms with Crippen molar-refractivity contribution in [3.05, 3.63) is 65.7 Å². The van der Waals surface area contributed by atoms with Crippen molar-refractivity contribution < 1.29 is 19.4 Å². The molecule has 2 aromatic rings. The molecule has 0 N–H and O–H groups in total. The van der Waals surface area contributed by atoms with Crippen molar-refractivity contribution in [2.45, 2.75) is 19.6 Å². The first-order valence-corrected chi connectivity index (χ1v) is 7.86. The SMILES string of the molecule is O=C([O-])[C@H]1CC(=O)N(Cc2ccc(OCc3ccccc3)cc2)C1. The minimum atomic E-state index is -1.16. The third kappa shape index (κ3) is 3.93. The molecule has 1 aliphatic rings. The molecule has 0 bridgehead atoms. The Hall–Kier alpha value is -2.82. The predicted molar refractivity (Wildman–Crippen MR) is 85.7 cm³/mol. The Labute approximate surface area is 140 Å². The van der Waals surface area contributed by atoms with Crippen LogP contribution in [0.1, 0.15) is 17.5 Å². The van der Waals surface area contributed by atoms with Crippen LogP contribution in [0, 0.1) is 5.92 Å². The molecule has 1 atom stereocenters. The van der Waals surface area contributed by atoms with Crippen molar-refractivity contribution >= 4 is 11.9 Å². The summed E-state index contributed by atoms with van der Waals surface area (Å²) < 4.78 is 5.72. The second-order valence-electron chi connectivity index (χ2n) is 5.91. The number of benzene rings is 2. The molecular weight excluding hydrogens is 306 g/mol. The zero-order chi connectivity index (χ0) is 16.9. The van der Waals surface area contributed by atoms with Crippen molar-refractivity contribution in [3.8, 4) is 5.75 Å². The molecule has 5 heteroatoms. The van der Waals surface area contributed by atoms with E-state index in [2.05, 4.69) is 0 Å². The molecule has 0 spiro atoms. The number of carbonyl (C=O) groups is 2. The number of rotatable bonds is 6. The number of carboxylic acids is 1. The number of hydrogen-bond donors (Lipinski definition) is 0. The molecule has 0 saturated carbocycles. The topological polar surface area (TPSA) is 69.7 Å². The summed E-state index contributed by atoms with van der Waals surface area (Å²) in [5.74, 6) is -1.25. The van der Waals surface area contributed by atoms with Gasteiger partial charge in [0.15, 0.2) is 0 Å². The van der Waals surface area contributed by atoms with Gasteiger partial charge in [-0.05, 0) is 23.3 Å². The zero-order valence-corrected chi connectivity index (χ0v) is 13.2.